The SMILES string of the molecule is COc1cc2oc(-c3ccc(C(F)(F)F)cc3)cc(=O)c2c(OC)c1O. The Hall–Kier alpha value is -3.16. The molecule has 2 aromatic carbocycles. The Bertz CT molecular complexity index is 1020. The average molecular weight is 366 g/mol. The number of hydrogen-bond donors (Lipinski definition) is 1. The fraction of sp³-hybridized carbons (Fsp3) is 0.167. The molecule has 3 aromatic rings. The van der Waals surface area contributed by atoms with Crippen LogP contribution < -0.4 is 14.9 Å². The minimum Gasteiger partial charge on any atom is -0.502 e. The van der Waals surface area contributed by atoms with Crippen LogP contribution in [0.5, 0.6) is 17.2 Å². The molecule has 0 bridgehead atoms. The first-order valence-corrected chi connectivity index (χ1v) is 7.35. The van der Waals surface area contributed by atoms with Gasteiger partial charge in [-0.25, -0.2) is 0 Å². The molecule has 0 atom stereocenters. The predicted molar refractivity (Wildman–Crippen MR) is 87.7 cm³/mol. The number of halogens is 3. The molecular weight excluding hydrogens is 353 g/mol. The first-order valence-electron chi connectivity index (χ1n) is 7.35. The fourth-order valence-electron chi connectivity index (χ4n) is 2.57. The van der Waals surface area contributed by atoms with E-state index in [1.165, 1.54) is 32.4 Å². The summed E-state index contributed by atoms with van der Waals surface area (Å²) in [5.74, 6) is -0.350. The molecule has 0 aliphatic heterocycles. The lowest BCUT2D eigenvalue weighted by molar-refractivity contribution is -0.137. The summed E-state index contributed by atoms with van der Waals surface area (Å²) in [6.45, 7) is 0. The van der Waals surface area contributed by atoms with Crippen molar-refractivity contribution in [3.63, 3.8) is 0 Å². The molecule has 0 saturated heterocycles. The molecule has 0 radical (unpaired) electrons. The van der Waals surface area contributed by atoms with Crippen LogP contribution in [-0.2, 0) is 6.18 Å². The third kappa shape index (κ3) is 2.94. The summed E-state index contributed by atoms with van der Waals surface area (Å²) in [6, 6.07) is 6.65. The first kappa shape index (κ1) is 17.7. The van der Waals surface area contributed by atoms with E-state index >= 15 is 0 Å². The number of fused-ring (bicyclic) bond motifs is 1. The molecule has 0 unspecified atom stereocenters. The quantitative estimate of drug-likeness (QED) is 0.752. The van der Waals surface area contributed by atoms with Crippen LogP contribution >= 0.6 is 0 Å². The van der Waals surface area contributed by atoms with Gasteiger partial charge in [-0.3, -0.25) is 4.79 Å². The van der Waals surface area contributed by atoms with Crippen molar-refractivity contribution in [2.45, 2.75) is 6.18 Å². The molecule has 0 aliphatic carbocycles. The average Bonchev–Trinajstić information content (AvgIpc) is 2.61. The van der Waals surface area contributed by atoms with Gasteiger partial charge < -0.3 is 19.0 Å². The van der Waals surface area contributed by atoms with E-state index in [0.29, 0.717) is 5.56 Å². The van der Waals surface area contributed by atoms with Crippen LogP contribution in [0.1, 0.15) is 5.56 Å². The first-order chi connectivity index (χ1) is 12.3. The highest BCUT2D eigenvalue weighted by atomic mass is 19.4. The Morgan fingerprint density at radius 3 is 2.23 bits per heavy atom. The Morgan fingerprint density at radius 1 is 1.04 bits per heavy atom. The van der Waals surface area contributed by atoms with Crippen molar-refractivity contribution in [1.29, 1.82) is 0 Å². The summed E-state index contributed by atoms with van der Waals surface area (Å²) in [5.41, 5.74) is -0.962. The van der Waals surface area contributed by atoms with Crippen molar-refractivity contribution >= 4 is 11.0 Å². The van der Waals surface area contributed by atoms with Gasteiger partial charge in [0.15, 0.2) is 16.9 Å². The Balaban J connectivity index is 2.20. The highest BCUT2D eigenvalue weighted by Crippen LogP contribution is 2.42. The van der Waals surface area contributed by atoms with Crippen LogP contribution in [0.25, 0.3) is 22.3 Å². The molecule has 8 heteroatoms. The molecule has 1 heterocycles. The van der Waals surface area contributed by atoms with Gasteiger partial charge in [0, 0.05) is 17.7 Å². The largest absolute Gasteiger partial charge is 0.502 e. The van der Waals surface area contributed by atoms with E-state index in [4.69, 9.17) is 13.9 Å². The van der Waals surface area contributed by atoms with Gasteiger partial charge in [0.1, 0.15) is 16.7 Å². The van der Waals surface area contributed by atoms with Gasteiger partial charge in [0.2, 0.25) is 5.75 Å². The number of ether oxygens (including phenoxy) is 2. The summed E-state index contributed by atoms with van der Waals surface area (Å²) >= 11 is 0. The number of alkyl halides is 3. The van der Waals surface area contributed by atoms with Crippen molar-refractivity contribution in [2.75, 3.05) is 14.2 Å². The second-order valence-corrected chi connectivity index (χ2v) is 5.38. The lowest BCUT2D eigenvalue weighted by Gasteiger charge is -2.12. The molecule has 5 nitrogen and oxygen atoms in total. The van der Waals surface area contributed by atoms with E-state index in [1.807, 2.05) is 0 Å². The fourth-order valence-corrected chi connectivity index (χ4v) is 2.57. The van der Waals surface area contributed by atoms with E-state index in [2.05, 4.69) is 0 Å². The second kappa shape index (κ2) is 6.29. The van der Waals surface area contributed by atoms with Crippen molar-refractivity contribution < 1.29 is 32.2 Å². The van der Waals surface area contributed by atoms with Crippen LogP contribution in [0.15, 0.2) is 45.6 Å². The molecule has 3 rings (SSSR count). The predicted octanol–water partition coefficient (Wildman–Crippen LogP) is 4.20. The van der Waals surface area contributed by atoms with E-state index in [9.17, 15) is 23.1 Å². The molecule has 1 N–H and O–H groups in total. The number of benzene rings is 2. The summed E-state index contributed by atoms with van der Waals surface area (Å²) in [4.78, 5) is 12.5. The molecule has 1 aromatic heterocycles. The number of phenols is 1. The second-order valence-electron chi connectivity index (χ2n) is 5.38. The number of rotatable bonds is 3. The van der Waals surface area contributed by atoms with Gasteiger partial charge in [-0.15, -0.1) is 0 Å². The number of methoxy groups -OCH3 is 2. The van der Waals surface area contributed by atoms with Crippen molar-refractivity contribution in [3.8, 4) is 28.6 Å². The van der Waals surface area contributed by atoms with Crippen LogP contribution in [-0.4, -0.2) is 19.3 Å². The highest BCUT2D eigenvalue weighted by molar-refractivity contribution is 5.89. The highest BCUT2D eigenvalue weighted by Gasteiger charge is 2.30. The summed E-state index contributed by atoms with van der Waals surface area (Å²) < 4.78 is 53.7. The van der Waals surface area contributed by atoms with Crippen molar-refractivity contribution in [2.24, 2.45) is 0 Å². The third-order valence-electron chi connectivity index (χ3n) is 3.83. The van der Waals surface area contributed by atoms with E-state index in [-0.39, 0.29) is 34.0 Å². The van der Waals surface area contributed by atoms with Crippen molar-refractivity contribution in [3.05, 3.63) is 52.2 Å². The van der Waals surface area contributed by atoms with E-state index in [1.54, 1.807) is 0 Å². The third-order valence-corrected chi connectivity index (χ3v) is 3.83. The van der Waals surface area contributed by atoms with E-state index < -0.39 is 17.2 Å². The molecular formula is C18H13F3O5. The summed E-state index contributed by atoms with van der Waals surface area (Å²) in [5, 5.41) is 10.1. The maximum absolute atomic E-state index is 12.7. The lowest BCUT2D eigenvalue weighted by atomic mass is 10.1. The zero-order chi connectivity index (χ0) is 19.1. The van der Waals surface area contributed by atoms with Gasteiger partial charge in [0.25, 0.3) is 0 Å². The summed E-state index contributed by atoms with van der Waals surface area (Å²) in [6.07, 6.45) is -4.46. The van der Waals surface area contributed by atoms with Gasteiger partial charge >= 0.3 is 6.18 Å². The van der Waals surface area contributed by atoms with Crippen molar-refractivity contribution in [1.82, 2.24) is 0 Å². The molecule has 0 spiro atoms. The molecule has 0 aliphatic rings. The summed E-state index contributed by atoms with van der Waals surface area (Å²) in [7, 11) is 2.59. The minimum absolute atomic E-state index is 0.00135. The van der Waals surface area contributed by atoms with Crippen LogP contribution in [0, 0.1) is 0 Å². The number of aromatic hydroxyl groups is 1. The molecule has 0 amide bonds. The number of phenolic OH excluding ortho intramolecular Hbond substituents is 1. The molecule has 26 heavy (non-hydrogen) atoms. The van der Waals surface area contributed by atoms with Crippen LogP contribution in [0.3, 0.4) is 0 Å². The minimum atomic E-state index is -4.46. The van der Waals surface area contributed by atoms with Crippen LogP contribution in [0.4, 0.5) is 13.2 Å². The standard InChI is InChI=1S/C18H13F3O5/c1-24-14-8-13-15(17(25-2)16(14)23)11(22)7-12(26-13)9-3-5-10(6-4-9)18(19,20)21/h3-8,23H,1-2H3. The lowest BCUT2D eigenvalue weighted by Crippen LogP contribution is -2.05. The maximum Gasteiger partial charge on any atom is 0.416 e. The van der Waals surface area contributed by atoms with Crippen LogP contribution in [0.2, 0.25) is 0 Å². The van der Waals surface area contributed by atoms with Gasteiger partial charge in [-0.2, -0.15) is 13.2 Å². The van der Waals surface area contributed by atoms with Gasteiger partial charge in [0.05, 0.1) is 19.8 Å². The molecule has 0 saturated carbocycles. The normalized spacial score (nSPS) is 11.6. The Labute approximate surface area is 145 Å². The monoisotopic (exact) mass is 366 g/mol. The maximum atomic E-state index is 12.7. The van der Waals surface area contributed by atoms with Gasteiger partial charge in [-0.05, 0) is 12.1 Å². The van der Waals surface area contributed by atoms with Gasteiger partial charge in [-0.1, -0.05) is 12.1 Å². The molecule has 136 valence electrons. The topological polar surface area (TPSA) is 68.9 Å². The molecule has 0 fully saturated rings. The zero-order valence-electron chi connectivity index (χ0n) is 13.7. The smallest absolute Gasteiger partial charge is 0.416 e. The Kier molecular flexibility index (Phi) is 4.27. The Morgan fingerprint density at radius 2 is 1.69 bits per heavy atom. The van der Waals surface area contributed by atoms with E-state index in [0.717, 1.165) is 18.2 Å². The number of hydrogen-bond acceptors (Lipinski definition) is 5. The zero-order valence-corrected chi connectivity index (χ0v) is 13.7.